The van der Waals surface area contributed by atoms with Gasteiger partial charge >= 0.3 is 0 Å². The molecule has 0 amide bonds. The number of fused-ring (bicyclic) bond motifs is 1. The van der Waals surface area contributed by atoms with Crippen LogP contribution in [0.15, 0.2) is 48.1 Å². The van der Waals surface area contributed by atoms with Gasteiger partial charge < -0.3 is 5.32 Å². The summed E-state index contributed by atoms with van der Waals surface area (Å²) in [5.74, 6) is 0. The van der Waals surface area contributed by atoms with E-state index >= 15 is 0 Å². The van der Waals surface area contributed by atoms with Gasteiger partial charge in [-0.05, 0) is 12.1 Å². The van der Waals surface area contributed by atoms with Crippen molar-refractivity contribution >= 4 is 27.8 Å². The van der Waals surface area contributed by atoms with E-state index in [0.29, 0.717) is 5.56 Å². The summed E-state index contributed by atoms with van der Waals surface area (Å²) in [6.45, 7) is 0.751. The molecule has 1 N–H and O–H groups in total. The fourth-order valence-electron chi connectivity index (χ4n) is 2.06. The van der Waals surface area contributed by atoms with Crippen molar-refractivity contribution in [3.8, 4) is 6.07 Å². The van der Waals surface area contributed by atoms with Gasteiger partial charge in [0.25, 0.3) is 0 Å². The molecule has 0 spiro atoms. The van der Waals surface area contributed by atoms with Gasteiger partial charge in [-0.1, -0.05) is 24.3 Å². The largest absolute Gasteiger partial charge is 0.380 e. The quantitative estimate of drug-likeness (QED) is 0.784. The topological polar surface area (TPSA) is 48.7 Å². The number of nitriles is 1. The first kappa shape index (κ1) is 11.7. The van der Waals surface area contributed by atoms with Gasteiger partial charge in [-0.2, -0.15) is 5.26 Å². The van der Waals surface area contributed by atoms with Crippen LogP contribution in [-0.4, -0.2) is 4.98 Å². The number of rotatable bonds is 3. The molecule has 2 aromatic carbocycles. The SMILES string of the molecule is N#Cc1ccc(NCc2cncs2)c2ccccc12. The summed E-state index contributed by atoms with van der Waals surface area (Å²) in [4.78, 5) is 5.25. The molecular weight excluding hydrogens is 254 g/mol. The van der Waals surface area contributed by atoms with Crippen molar-refractivity contribution in [3.05, 3.63) is 58.5 Å². The zero-order valence-electron chi connectivity index (χ0n) is 10.1. The van der Waals surface area contributed by atoms with Crippen LogP contribution in [0, 0.1) is 11.3 Å². The van der Waals surface area contributed by atoms with Gasteiger partial charge in [0.05, 0.1) is 23.7 Å². The van der Waals surface area contributed by atoms with Crippen LogP contribution >= 0.6 is 11.3 Å². The van der Waals surface area contributed by atoms with Crippen LogP contribution in [-0.2, 0) is 6.54 Å². The molecule has 0 unspecified atom stereocenters. The third-order valence-corrected chi connectivity index (χ3v) is 3.76. The van der Waals surface area contributed by atoms with Gasteiger partial charge in [-0.25, -0.2) is 0 Å². The minimum absolute atomic E-state index is 0.707. The Morgan fingerprint density at radius 1 is 1.16 bits per heavy atom. The zero-order valence-corrected chi connectivity index (χ0v) is 10.9. The highest BCUT2D eigenvalue weighted by Crippen LogP contribution is 2.26. The van der Waals surface area contributed by atoms with Gasteiger partial charge in [-0.3, -0.25) is 4.98 Å². The number of thiazole rings is 1. The number of anilines is 1. The van der Waals surface area contributed by atoms with Crippen LogP contribution in [0.25, 0.3) is 10.8 Å². The molecule has 0 saturated carbocycles. The van der Waals surface area contributed by atoms with E-state index in [1.807, 2.05) is 48.1 Å². The van der Waals surface area contributed by atoms with Crippen molar-refractivity contribution in [3.63, 3.8) is 0 Å². The Bertz CT molecular complexity index is 742. The molecular formula is C15H11N3S. The van der Waals surface area contributed by atoms with Crippen molar-refractivity contribution in [2.45, 2.75) is 6.54 Å². The third kappa shape index (κ3) is 2.28. The molecule has 1 heterocycles. The maximum atomic E-state index is 9.13. The summed E-state index contributed by atoms with van der Waals surface area (Å²) < 4.78 is 0. The summed E-state index contributed by atoms with van der Waals surface area (Å²) in [6, 6.07) is 14.0. The second kappa shape index (κ2) is 5.09. The highest BCUT2D eigenvalue weighted by molar-refractivity contribution is 7.09. The van der Waals surface area contributed by atoms with E-state index in [1.165, 1.54) is 4.88 Å². The molecule has 0 bridgehead atoms. The van der Waals surface area contributed by atoms with Crippen molar-refractivity contribution in [1.82, 2.24) is 4.98 Å². The monoisotopic (exact) mass is 265 g/mol. The maximum Gasteiger partial charge on any atom is 0.0998 e. The first-order chi connectivity index (χ1) is 9.38. The minimum Gasteiger partial charge on any atom is -0.380 e. The van der Waals surface area contributed by atoms with Gasteiger partial charge in [0.2, 0.25) is 0 Å². The molecule has 3 nitrogen and oxygen atoms in total. The number of aromatic nitrogens is 1. The van der Waals surface area contributed by atoms with Crippen LogP contribution in [0.2, 0.25) is 0 Å². The highest BCUT2D eigenvalue weighted by Gasteiger charge is 2.05. The lowest BCUT2D eigenvalue weighted by molar-refractivity contribution is 1.18. The van der Waals surface area contributed by atoms with E-state index in [9.17, 15) is 0 Å². The summed E-state index contributed by atoms with van der Waals surface area (Å²) >= 11 is 1.63. The molecule has 3 aromatic rings. The number of hydrogen-bond acceptors (Lipinski definition) is 4. The van der Waals surface area contributed by atoms with Gasteiger partial charge in [0.1, 0.15) is 0 Å². The fraction of sp³-hybridized carbons (Fsp3) is 0.0667. The Labute approximate surface area is 115 Å². The lowest BCUT2D eigenvalue weighted by atomic mass is 10.0. The van der Waals surface area contributed by atoms with E-state index < -0.39 is 0 Å². The summed E-state index contributed by atoms with van der Waals surface area (Å²) in [6.07, 6.45) is 1.86. The number of nitrogens with one attached hydrogen (secondary N) is 1. The van der Waals surface area contributed by atoms with E-state index in [-0.39, 0.29) is 0 Å². The average molecular weight is 265 g/mol. The van der Waals surface area contributed by atoms with Crippen molar-refractivity contribution in [2.24, 2.45) is 0 Å². The molecule has 3 rings (SSSR count). The fourth-order valence-corrected chi connectivity index (χ4v) is 2.60. The lowest BCUT2D eigenvalue weighted by Gasteiger charge is -2.09. The summed E-state index contributed by atoms with van der Waals surface area (Å²) in [5.41, 5.74) is 3.58. The Balaban J connectivity index is 1.98. The smallest absolute Gasteiger partial charge is 0.0998 e. The van der Waals surface area contributed by atoms with Crippen LogP contribution in [0.1, 0.15) is 10.4 Å². The molecule has 19 heavy (non-hydrogen) atoms. The molecule has 0 radical (unpaired) electrons. The van der Waals surface area contributed by atoms with Crippen LogP contribution in [0.4, 0.5) is 5.69 Å². The van der Waals surface area contributed by atoms with Gasteiger partial charge in [0.15, 0.2) is 0 Å². The first-order valence-corrected chi connectivity index (χ1v) is 6.79. The molecule has 0 aliphatic heterocycles. The Kier molecular flexibility index (Phi) is 3.13. The van der Waals surface area contributed by atoms with Gasteiger partial charge in [0, 0.05) is 27.5 Å². The Hall–Kier alpha value is -2.38. The molecule has 0 saturated heterocycles. The van der Waals surface area contributed by atoms with E-state index in [2.05, 4.69) is 16.4 Å². The predicted octanol–water partition coefficient (Wildman–Crippen LogP) is 3.78. The molecule has 0 atom stereocenters. The third-order valence-electron chi connectivity index (χ3n) is 2.98. The van der Waals surface area contributed by atoms with Gasteiger partial charge in [-0.15, -0.1) is 11.3 Å². The maximum absolute atomic E-state index is 9.13. The van der Waals surface area contributed by atoms with Crippen LogP contribution < -0.4 is 5.32 Å². The standard InChI is InChI=1S/C15H11N3S/c16-7-11-5-6-15(14-4-2-1-3-13(11)14)18-9-12-8-17-10-19-12/h1-6,8,10,18H,9H2. The molecule has 1 aromatic heterocycles. The van der Waals surface area contributed by atoms with Crippen molar-refractivity contribution in [2.75, 3.05) is 5.32 Å². The molecule has 0 aliphatic rings. The van der Waals surface area contributed by atoms with Crippen LogP contribution in [0.5, 0.6) is 0 Å². The minimum atomic E-state index is 0.707. The normalized spacial score (nSPS) is 10.3. The average Bonchev–Trinajstić information content (AvgIpc) is 2.98. The molecule has 4 heteroatoms. The second-order valence-corrected chi connectivity index (χ2v) is 5.11. The lowest BCUT2D eigenvalue weighted by Crippen LogP contribution is -1.98. The van der Waals surface area contributed by atoms with Crippen LogP contribution in [0.3, 0.4) is 0 Å². The molecule has 0 aliphatic carbocycles. The Morgan fingerprint density at radius 3 is 2.74 bits per heavy atom. The van der Waals surface area contributed by atoms with E-state index in [4.69, 9.17) is 5.26 Å². The number of nitrogens with zero attached hydrogens (tertiary/aromatic N) is 2. The van der Waals surface area contributed by atoms with Crippen molar-refractivity contribution < 1.29 is 0 Å². The summed E-state index contributed by atoms with van der Waals surface area (Å²) in [5, 5.41) is 14.6. The predicted molar refractivity (Wildman–Crippen MR) is 78.1 cm³/mol. The summed E-state index contributed by atoms with van der Waals surface area (Å²) in [7, 11) is 0. The number of hydrogen-bond donors (Lipinski definition) is 1. The molecule has 0 fully saturated rings. The second-order valence-electron chi connectivity index (χ2n) is 4.14. The van der Waals surface area contributed by atoms with Crippen molar-refractivity contribution in [1.29, 1.82) is 5.26 Å². The highest BCUT2D eigenvalue weighted by atomic mass is 32.1. The Morgan fingerprint density at radius 2 is 2.00 bits per heavy atom. The first-order valence-electron chi connectivity index (χ1n) is 5.91. The number of benzene rings is 2. The zero-order chi connectivity index (χ0) is 13.1. The molecule has 92 valence electrons. The van der Waals surface area contributed by atoms with E-state index in [0.717, 1.165) is 23.0 Å². The van der Waals surface area contributed by atoms with E-state index in [1.54, 1.807) is 11.3 Å².